The van der Waals surface area contributed by atoms with Crippen LogP contribution >= 0.6 is 11.6 Å². The molecule has 1 fully saturated rings. The van der Waals surface area contributed by atoms with E-state index in [1.807, 2.05) is 18.2 Å². The Morgan fingerprint density at radius 3 is 2.50 bits per heavy atom. The van der Waals surface area contributed by atoms with Crippen LogP contribution in [0, 0.1) is 0 Å². The molecule has 9 heteroatoms. The van der Waals surface area contributed by atoms with Gasteiger partial charge in [-0.1, -0.05) is 35.0 Å². The number of carbonyl (C=O) groups excluding carboxylic acids is 2. The van der Waals surface area contributed by atoms with Crippen molar-refractivity contribution < 1.29 is 19.1 Å². The van der Waals surface area contributed by atoms with E-state index in [1.54, 1.807) is 24.3 Å². The maximum absolute atomic E-state index is 13.1. The molecule has 0 N–H and O–H groups in total. The highest BCUT2D eigenvalue weighted by Crippen LogP contribution is 2.37. The molecule has 0 saturated carbocycles. The molecular formula is C19H17ClN4O4. The van der Waals surface area contributed by atoms with Crippen LogP contribution in [0.4, 0.5) is 5.69 Å². The molecular weight excluding hydrogens is 384 g/mol. The number of methoxy groups -OCH3 is 2. The van der Waals surface area contributed by atoms with Crippen molar-refractivity contribution in [3.8, 4) is 11.5 Å². The number of fused-ring (bicyclic) bond motifs is 1. The van der Waals surface area contributed by atoms with Gasteiger partial charge < -0.3 is 9.47 Å². The number of benzene rings is 2. The van der Waals surface area contributed by atoms with Crippen LogP contribution < -0.4 is 14.4 Å². The molecule has 8 nitrogen and oxygen atoms in total. The zero-order valence-electron chi connectivity index (χ0n) is 15.2. The minimum absolute atomic E-state index is 0.281. The molecule has 0 radical (unpaired) electrons. The molecule has 0 aliphatic carbocycles. The Labute approximate surface area is 166 Å². The Hall–Kier alpha value is -3.13. The van der Waals surface area contributed by atoms with Crippen molar-refractivity contribution in [2.45, 2.75) is 18.6 Å². The second-order valence-corrected chi connectivity index (χ2v) is 6.74. The fourth-order valence-corrected chi connectivity index (χ4v) is 3.57. The van der Waals surface area contributed by atoms with E-state index >= 15 is 0 Å². The van der Waals surface area contributed by atoms with Crippen LogP contribution in [0.15, 0.2) is 52.8 Å². The van der Waals surface area contributed by atoms with Crippen LogP contribution in [-0.4, -0.2) is 43.1 Å². The monoisotopic (exact) mass is 400 g/mol. The molecule has 0 unspecified atom stereocenters. The SMILES string of the molecule is COc1ccc(N2C(=O)[C@@H]3[C@@H](N=NN3Cc3ccccc3Cl)C2=O)cc1OC. The number of hydrogen-bond acceptors (Lipinski definition) is 7. The second kappa shape index (κ2) is 7.12. The zero-order chi connectivity index (χ0) is 19.8. The summed E-state index contributed by atoms with van der Waals surface area (Å²) in [5.41, 5.74) is 1.20. The Morgan fingerprint density at radius 2 is 1.79 bits per heavy atom. The van der Waals surface area contributed by atoms with E-state index in [4.69, 9.17) is 21.1 Å². The normalized spacial score (nSPS) is 20.7. The lowest BCUT2D eigenvalue weighted by atomic mass is 10.1. The minimum atomic E-state index is -0.872. The van der Waals surface area contributed by atoms with Crippen LogP contribution in [0.1, 0.15) is 5.56 Å². The van der Waals surface area contributed by atoms with Crippen molar-refractivity contribution in [2.75, 3.05) is 19.1 Å². The molecule has 2 aromatic rings. The highest BCUT2D eigenvalue weighted by molar-refractivity contribution is 6.31. The lowest BCUT2D eigenvalue weighted by molar-refractivity contribution is -0.123. The summed E-state index contributed by atoms with van der Waals surface area (Å²) in [4.78, 5) is 27.0. The summed E-state index contributed by atoms with van der Waals surface area (Å²) >= 11 is 6.21. The summed E-state index contributed by atoms with van der Waals surface area (Å²) in [7, 11) is 3.00. The smallest absolute Gasteiger partial charge is 0.263 e. The summed E-state index contributed by atoms with van der Waals surface area (Å²) in [5, 5.41) is 10.1. The quantitative estimate of drug-likeness (QED) is 0.720. The maximum Gasteiger partial charge on any atom is 0.263 e. The summed E-state index contributed by atoms with van der Waals surface area (Å²) < 4.78 is 10.5. The molecule has 2 aliphatic rings. The number of hydrogen-bond donors (Lipinski definition) is 0. The number of halogens is 1. The number of carbonyl (C=O) groups is 2. The molecule has 2 aliphatic heterocycles. The average Bonchev–Trinajstić information content (AvgIpc) is 3.23. The Kier molecular flexibility index (Phi) is 4.64. The Balaban J connectivity index is 1.62. The molecule has 2 amide bonds. The van der Waals surface area contributed by atoms with Gasteiger partial charge >= 0.3 is 0 Å². The highest BCUT2D eigenvalue weighted by Gasteiger charge is 2.54. The lowest BCUT2D eigenvalue weighted by Gasteiger charge is -2.21. The van der Waals surface area contributed by atoms with Crippen LogP contribution in [0.5, 0.6) is 11.5 Å². The van der Waals surface area contributed by atoms with Crippen molar-refractivity contribution in [3.63, 3.8) is 0 Å². The van der Waals surface area contributed by atoms with Gasteiger partial charge in [0.25, 0.3) is 11.8 Å². The number of imide groups is 1. The van der Waals surface area contributed by atoms with E-state index in [9.17, 15) is 9.59 Å². The van der Waals surface area contributed by atoms with Gasteiger partial charge in [-0.3, -0.25) is 14.6 Å². The molecule has 0 bridgehead atoms. The van der Waals surface area contributed by atoms with Crippen LogP contribution in [-0.2, 0) is 16.1 Å². The van der Waals surface area contributed by atoms with Gasteiger partial charge in [-0.25, -0.2) is 4.90 Å². The number of ether oxygens (including phenoxy) is 2. The van der Waals surface area contributed by atoms with Gasteiger partial charge in [0.2, 0.25) is 0 Å². The van der Waals surface area contributed by atoms with Crippen molar-refractivity contribution in [3.05, 3.63) is 53.1 Å². The second-order valence-electron chi connectivity index (χ2n) is 6.33. The number of rotatable bonds is 5. The van der Waals surface area contributed by atoms with Crippen LogP contribution in [0.25, 0.3) is 0 Å². The topological polar surface area (TPSA) is 83.8 Å². The molecule has 1 saturated heterocycles. The van der Waals surface area contributed by atoms with E-state index in [-0.39, 0.29) is 12.5 Å². The number of nitrogens with zero attached hydrogens (tertiary/aromatic N) is 4. The fourth-order valence-electron chi connectivity index (χ4n) is 3.37. The molecule has 0 aromatic heterocycles. The third-order valence-corrected chi connectivity index (χ3v) is 5.14. The summed E-state index contributed by atoms with van der Waals surface area (Å²) in [6, 6.07) is 10.5. The van der Waals surface area contributed by atoms with Crippen molar-refractivity contribution >= 4 is 29.1 Å². The molecule has 144 valence electrons. The van der Waals surface area contributed by atoms with Gasteiger partial charge in [0.05, 0.1) is 26.5 Å². The van der Waals surface area contributed by atoms with Crippen molar-refractivity contribution in [1.29, 1.82) is 0 Å². The van der Waals surface area contributed by atoms with Crippen LogP contribution in [0.3, 0.4) is 0 Å². The average molecular weight is 401 g/mol. The molecule has 2 atom stereocenters. The molecule has 2 heterocycles. The first-order valence-corrected chi connectivity index (χ1v) is 8.93. The van der Waals surface area contributed by atoms with Gasteiger partial charge in [-0.15, -0.1) is 0 Å². The van der Waals surface area contributed by atoms with E-state index in [2.05, 4.69) is 10.3 Å². The standard InChI is InChI=1S/C19H17ClN4O4/c1-27-14-8-7-12(9-15(14)28-2)24-18(25)16-17(19(24)26)23(22-21-16)10-11-5-3-4-6-13(11)20/h3-9,16-17H,10H2,1-2H3/t16-,17+/m1/s1. The maximum atomic E-state index is 13.1. The molecule has 28 heavy (non-hydrogen) atoms. The summed E-state index contributed by atoms with van der Waals surface area (Å²) in [6.07, 6.45) is 0. The number of amides is 2. The van der Waals surface area contributed by atoms with Gasteiger partial charge in [-0.05, 0) is 23.8 Å². The first-order chi connectivity index (χ1) is 13.5. The highest BCUT2D eigenvalue weighted by atomic mass is 35.5. The van der Waals surface area contributed by atoms with E-state index in [1.165, 1.54) is 19.2 Å². The largest absolute Gasteiger partial charge is 0.493 e. The van der Waals surface area contributed by atoms with Crippen molar-refractivity contribution in [1.82, 2.24) is 5.01 Å². The minimum Gasteiger partial charge on any atom is -0.493 e. The Bertz CT molecular complexity index is 980. The van der Waals surface area contributed by atoms with E-state index in [0.29, 0.717) is 22.2 Å². The lowest BCUT2D eigenvalue weighted by Crippen LogP contribution is -2.39. The third kappa shape index (κ3) is 2.86. The predicted molar refractivity (Wildman–Crippen MR) is 101 cm³/mol. The fraction of sp³-hybridized carbons (Fsp3) is 0.263. The van der Waals surface area contributed by atoms with Crippen LogP contribution in [0.2, 0.25) is 5.02 Å². The third-order valence-electron chi connectivity index (χ3n) is 4.77. The van der Waals surface area contributed by atoms with Gasteiger partial charge in [0.15, 0.2) is 23.6 Å². The van der Waals surface area contributed by atoms with Gasteiger partial charge in [0.1, 0.15) is 0 Å². The number of anilines is 1. The van der Waals surface area contributed by atoms with Gasteiger partial charge in [-0.2, -0.15) is 5.11 Å². The summed E-state index contributed by atoms with van der Waals surface area (Å²) in [5.74, 6) is 0.115. The van der Waals surface area contributed by atoms with E-state index in [0.717, 1.165) is 10.5 Å². The molecule has 4 rings (SSSR count). The first kappa shape index (κ1) is 18.2. The first-order valence-electron chi connectivity index (χ1n) is 8.56. The van der Waals surface area contributed by atoms with E-state index < -0.39 is 18.0 Å². The van der Waals surface area contributed by atoms with Gasteiger partial charge in [0, 0.05) is 11.1 Å². The summed E-state index contributed by atoms with van der Waals surface area (Å²) in [6.45, 7) is 0.281. The Morgan fingerprint density at radius 1 is 1.04 bits per heavy atom. The molecule has 2 aromatic carbocycles. The molecule has 0 spiro atoms. The zero-order valence-corrected chi connectivity index (χ0v) is 16.0. The predicted octanol–water partition coefficient (Wildman–Crippen LogP) is 2.85. The van der Waals surface area contributed by atoms with Crippen molar-refractivity contribution in [2.24, 2.45) is 10.3 Å².